The summed E-state index contributed by atoms with van der Waals surface area (Å²) in [4.78, 5) is 12.6. The Morgan fingerprint density at radius 3 is 2.74 bits per heavy atom. The predicted octanol–water partition coefficient (Wildman–Crippen LogP) is 4.70. The molecule has 4 rings (SSSR count). The molecule has 0 amide bonds. The van der Waals surface area contributed by atoms with Crippen molar-refractivity contribution in [1.82, 2.24) is 4.57 Å². The minimum Gasteiger partial charge on any atom is -0.389 e. The Bertz CT molecular complexity index is 992. The van der Waals surface area contributed by atoms with Crippen LogP contribution in [-0.2, 0) is 13.0 Å². The van der Waals surface area contributed by atoms with Crippen molar-refractivity contribution >= 4 is 38.3 Å². The molecule has 0 radical (unpaired) electrons. The van der Waals surface area contributed by atoms with Crippen LogP contribution in [0.15, 0.2) is 46.9 Å². The number of fused-ring (bicyclic) bond motifs is 3. The number of carbonyl (C=O) groups excluding carboxylic acids is 1. The first-order chi connectivity index (χ1) is 13.0. The van der Waals surface area contributed by atoms with Gasteiger partial charge in [-0.15, -0.1) is 0 Å². The number of hydrogen-bond donors (Lipinski definition) is 2. The molecule has 4 nitrogen and oxygen atoms in total. The van der Waals surface area contributed by atoms with Crippen molar-refractivity contribution in [3.8, 4) is 0 Å². The van der Waals surface area contributed by atoms with E-state index in [1.165, 1.54) is 5.56 Å². The predicted molar refractivity (Wildman–Crippen MR) is 113 cm³/mol. The lowest BCUT2D eigenvalue weighted by atomic mass is 9.94. The van der Waals surface area contributed by atoms with Gasteiger partial charge in [-0.25, -0.2) is 0 Å². The van der Waals surface area contributed by atoms with E-state index in [1.54, 1.807) is 0 Å². The van der Waals surface area contributed by atoms with Crippen LogP contribution in [0.5, 0.6) is 0 Å². The number of aromatic nitrogens is 1. The number of ketones is 1. The topological polar surface area (TPSA) is 54.3 Å². The second-order valence-corrected chi connectivity index (χ2v) is 8.19. The van der Waals surface area contributed by atoms with E-state index in [0.717, 1.165) is 45.2 Å². The number of aliphatic hydroxyl groups excluding tert-OH is 1. The third-order valence-corrected chi connectivity index (χ3v) is 5.73. The highest BCUT2D eigenvalue weighted by molar-refractivity contribution is 9.10. The standard InChI is InChI=1S/C22H23BrN2O2/c1-14-5-10-20-19(11-14)18-3-2-4-21(27)22(18)25(20)13-17(26)12-24-16-8-6-15(23)7-9-16/h5-11,17,24,26H,2-4,12-13H2,1H3/t17-/m1/s1. The third-order valence-electron chi connectivity index (χ3n) is 5.20. The highest BCUT2D eigenvalue weighted by Crippen LogP contribution is 2.33. The van der Waals surface area contributed by atoms with Crippen LogP contribution in [-0.4, -0.2) is 28.1 Å². The van der Waals surface area contributed by atoms with Crippen molar-refractivity contribution in [3.05, 3.63) is 63.8 Å². The molecule has 0 aliphatic heterocycles. The van der Waals surface area contributed by atoms with E-state index in [2.05, 4.69) is 46.4 Å². The quantitative estimate of drug-likeness (QED) is 0.621. The van der Waals surface area contributed by atoms with Gasteiger partial charge in [0.15, 0.2) is 5.78 Å². The van der Waals surface area contributed by atoms with Crippen LogP contribution in [0.4, 0.5) is 5.69 Å². The number of carbonyl (C=O) groups is 1. The molecule has 1 aliphatic rings. The van der Waals surface area contributed by atoms with Gasteiger partial charge in [-0.2, -0.15) is 0 Å². The van der Waals surface area contributed by atoms with Crippen molar-refractivity contribution < 1.29 is 9.90 Å². The number of nitrogens with zero attached hydrogens (tertiary/aromatic N) is 1. The molecule has 2 aromatic carbocycles. The molecule has 0 spiro atoms. The zero-order chi connectivity index (χ0) is 19.0. The Balaban J connectivity index is 1.60. The summed E-state index contributed by atoms with van der Waals surface area (Å²) in [6.07, 6.45) is 1.84. The van der Waals surface area contributed by atoms with Gasteiger partial charge in [-0.05, 0) is 61.7 Å². The highest BCUT2D eigenvalue weighted by atomic mass is 79.9. The Morgan fingerprint density at radius 1 is 1.19 bits per heavy atom. The molecule has 1 heterocycles. The Hall–Kier alpha value is -2.11. The van der Waals surface area contributed by atoms with Crippen molar-refractivity contribution in [3.63, 3.8) is 0 Å². The molecular weight excluding hydrogens is 404 g/mol. The van der Waals surface area contributed by atoms with E-state index in [-0.39, 0.29) is 5.78 Å². The van der Waals surface area contributed by atoms with Crippen LogP contribution >= 0.6 is 15.9 Å². The average molecular weight is 427 g/mol. The lowest BCUT2D eigenvalue weighted by Gasteiger charge is -2.18. The number of nitrogens with one attached hydrogen (secondary N) is 1. The van der Waals surface area contributed by atoms with Gasteiger partial charge in [-0.1, -0.05) is 27.6 Å². The summed E-state index contributed by atoms with van der Waals surface area (Å²) in [5.74, 6) is 0.193. The van der Waals surface area contributed by atoms with Gasteiger partial charge in [0, 0.05) is 34.0 Å². The van der Waals surface area contributed by atoms with E-state index in [1.807, 2.05) is 28.8 Å². The van der Waals surface area contributed by atoms with Gasteiger partial charge in [0.1, 0.15) is 0 Å². The summed E-state index contributed by atoms with van der Waals surface area (Å²) in [5, 5.41) is 15.1. The van der Waals surface area contributed by atoms with Crippen molar-refractivity contribution in [2.45, 2.75) is 38.8 Å². The van der Waals surface area contributed by atoms with Crippen LogP contribution in [0, 0.1) is 6.92 Å². The fourth-order valence-corrected chi connectivity index (χ4v) is 4.19. The molecule has 0 saturated carbocycles. The molecule has 0 unspecified atom stereocenters. The van der Waals surface area contributed by atoms with E-state index in [4.69, 9.17) is 0 Å². The number of hydrogen-bond acceptors (Lipinski definition) is 3. The smallest absolute Gasteiger partial charge is 0.179 e. The van der Waals surface area contributed by atoms with Crippen LogP contribution in [0.25, 0.3) is 10.9 Å². The summed E-state index contributed by atoms with van der Waals surface area (Å²) < 4.78 is 3.05. The largest absolute Gasteiger partial charge is 0.389 e. The molecule has 0 bridgehead atoms. The van der Waals surface area contributed by atoms with Gasteiger partial charge in [0.2, 0.25) is 0 Å². The molecule has 140 valence electrons. The third kappa shape index (κ3) is 3.66. The first-order valence-corrected chi connectivity index (χ1v) is 10.1. The first kappa shape index (κ1) is 18.3. The molecule has 2 N–H and O–H groups in total. The minimum atomic E-state index is -0.593. The number of aliphatic hydroxyl groups is 1. The molecule has 27 heavy (non-hydrogen) atoms. The van der Waals surface area contributed by atoms with Crippen molar-refractivity contribution in [2.24, 2.45) is 0 Å². The van der Waals surface area contributed by atoms with Gasteiger partial charge < -0.3 is 15.0 Å². The summed E-state index contributed by atoms with van der Waals surface area (Å²) in [5.41, 5.74) is 5.15. The van der Waals surface area contributed by atoms with Crippen LogP contribution in [0.1, 0.15) is 34.5 Å². The summed E-state index contributed by atoms with van der Waals surface area (Å²) in [6.45, 7) is 2.91. The SMILES string of the molecule is Cc1ccc2c(c1)c1c(n2C[C@H](O)CNc2ccc(Br)cc2)C(=O)CCC1. The fourth-order valence-electron chi connectivity index (χ4n) is 3.92. The van der Waals surface area contributed by atoms with Gasteiger partial charge in [0.25, 0.3) is 0 Å². The minimum absolute atomic E-state index is 0.193. The Morgan fingerprint density at radius 2 is 1.96 bits per heavy atom. The molecule has 0 saturated heterocycles. The fraction of sp³-hybridized carbons (Fsp3) is 0.318. The van der Waals surface area contributed by atoms with Crippen LogP contribution in [0.2, 0.25) is 0 Å². The molecule has 0 fully saturated rings. The second kappa shape index (κ2) is 7.49. The normalized spacial score (nSPS) is 15.0. The maximum atomic E-state index is 12.6. The number of rotatable bonds is 5. The molecular formula is C22H23BrN2O2. The van der Waals surface area contributed by atoms with Crippen LogP contribution < -0.4 is 5.32 Å². The number of halogens is 1. The van der Waals surface area contributed by atoms with E-state index < -0.39 is 6.10 Å². The van der Waals surface area contributed by atoms with Gasteiger partial charge in [0.05, 0.1) is 18.3 Å². The molecule has 3 aromatic rings. The molecule has 1 aliphatic carbocycles. The number of Topliss-reactive ketones (excluding diaryl/α,β-unsaturated/α-hetero) is 1. The average Bonchev–Trinajstić information content (AvgIpc) is 2.95. The van der Waals surface area contributed by atoms with Gasteiger partial charge in [-0.3, -0.25) is 4.79 Å². The Kier molecular flexibility index (Phi) is 5.06. The molecule has 1 aromatic heterocycles. The number of anilines is 1. The Labute approximate surface area is 167 Å². The zero-order valence-corrected chi connectivity index (χ0v) is 16.9. The highest BCUT2D eigenvalue weighted by Gasteiger charge is 2.26. The number of aryl methyl sites for hydroxylation is 2. The lowest BCUT2D eigenvalue weighted by molar-refractivity contribution is 0.0958. The molecule has 5 heteroatoms. The first-order valence-electron chi connectivity index (χ1n) is 9.35. The van der Waals surface area contributed by atoms with Crippen LogP contribution in [0.3, 0.4) is 0 Å². The van der Waals surface area contributed by atoms with Gasteiger partial charge >= 0.3 is 0 Å². The second-order valence-electron chi connectivity index (χ2n) is 7.28. The van der Waals surface area contributed by atoms with Crippen molar-refractivity contribution in [1.29, 1.82) is 0 Å². The molecule has 1 atom stereocenters. The van der Waals surface area contributed by atoms with E-state index >= 15 is 0 Å². The lowest BCUT2D eigenvalue weighted by Crippen LogP contribution is -2.27. The maximum absolute atomic E-state index is 12.6. The summed E-state index contributed by atoms with van der Waals surface area (Å²) in [7, 11) is 0. The monoisotopic (exact) mass is 426 g/mol. The van der Waals surface area contributed by atoms with E-state index in [9.17, 15) is 9.90 Å². The summed E-state index contributed by atoms with van der Waals surface area (Å²) >= 11 is 3.42. The number of benzene rings is 2. The van der Waals surface area contributed by atoms with E-state index in [0.29, 0.717) is 19.5 Å². The zero-order valence-electron chi connectivity index (χ0n) is 15.3. The maximum Gasteiger partial charge on any atom is 0.179 e. The summed E-state index contributed by atoms with van der Waals surface area (Å²) in [6, 6.07) is 14.2. The van der Waals surface area contributed by atoms with Crippen molar-refractivity contribution in [2.75, 3.05) is 11.9 Å².